The molecule has 0 aliphatic heterocycles. The topological polar surface area (TPSA) is 89.5 Å². The zero-order valence-corrected chi connectivity index (χ0v) is 17.1. The van der Waals surface area contributed by atoms with Crippen LogP contribution < -0.4 is 5.32 Å². The van der Waals surface area contributed by atoms with E-state index in [0.29, 0.717) is 5.69 Å². The van der Waals surface area contributed by atoms with Crippen LogP contribution in [0.2, 0.25) is 0 Å². The van der Waals surface area contributed by atoms with Gasteiger partial charge in [0, 0.05) is 16.8 Å². The zero-order chi connectivity index (χ0) is 20.1. The van der Waals surface area contributed by atoms with E-state index in [2.05, 4.69) is 17.4 Å². The summed E-state index contributed by atoms with van der Waals surface area (Å²) in [6.45, 7) is -0.424. The number of rotatable bonds is 7. The molecule has 2 aromatic carbocycles. The number of hydrogen-bond acceptors (Lipinski definition) is 6. The number of ether oxygens (including phenoxy) is 1. The fourth-order valence-corrected chi connectivity index (χ4v) is 4.39. The highest BCUT2D eigenvalue weighted by Crippen LogP contribution is 2.27. The van der Waals surface area contributed by atoms with Crippen molar-refractivity contribution in [3.63, 3.8) is 0 Å². The third-order valence-electron chi connectivity index (χ3n) is 4.34. The lowest BCUT2D eigenvalue weighted by Gasteiger charge is -2.08. The van der Waals surface area contributed by atoms with Crippen LogP contribution >= 0.6 is 11.8 Å². The first-order chi connectivity index (χ1) is 13.3. The van der Waals surface area contributed by atoms with Crippen LogP contribution in [0, 0.1) is 0 Å². The molecule has 0 saturated heterocycles. The molecular weight excluding hydrogens is 398 g/mol. The highest BCUT2D eigenvalue weighted by Gasteiger charge is 2.13. The average Bonchev–Trinajstić information content (AvgIpc) is 3.12. The SMILES string of the molecule is CS(=O)(=O)c1cccc(NC(=O)COC(=O)CSc2ccc3c(c2)CCC3)c1. The number of esters is 1. The standard InChI is InChI=1S/C20H21NO5S2/c1-28(24,25)18-7-3-6-16(11-18)21-19(22)12-26-20(23)13-27-17-9-8-14-4-2-5-15(14)10-17/h3,6-11H,2,4-5,12-13H2,1H3,(H,21,22). The van der Waals surface area contributed by atoms with E-state index in [4.69, 9.17) is 4.74 Å². The van der Waals surface area contributed by atoms with E-state index in [1.807, 2.05) is 6.07 Å². The Hall–Kier alpha value is -2.32. The molecular formula is C20H21NO5S2. The Morgan fingerprint density at radius 2 is 1.89 bits per heavy atom. The van der Waals surface area contributed by atoms with Crippen molar-refractivity contribution in [2.24, 2.45) is 0 Å². The molecule has 28 heavy (non-hydrogen) atoms. The Labute approximate surface area is 168 Å². The minimum Gasteiger partial charge on any atom is -0.455 e. The number of benzene rings is 2. The predicted octanol–water partition coefficient (Wildman–Crippen LogP) is 2.85. The second-order valence-electron chi connectivity index (χ2n) is 6.58. The summed E-state index contributed by atoms with van der Waals surface area (Å²) in [5.41, 5.74) is 3.05. The van der Waals surface area contributed by atoms with Crippen molar-refractivity contribution < 1.29 is 22.7 Å². The molecule has 1 aliphatic rings. The van der Waals surface area contributed by atoms with Crippen molar-refractivity contribution in [1.82, 2.24) is 0 Å². The Kier molecular flexibility index (Phi) is 6.41. The lowest BCUT2D eigenvalue weighted by molar-refractivity contribution is -0.144. The van der Waals surface area contributed by atoms with Gasteiger partial charge in [-0.15, -0.1) is 11.8 Å². The molecule has 8 heteroatoms. The number of hydrogen-bond donors (Lipinski definition) is 1. The molecule has 1 aliphatic carbocycles. The molecule has 1 N–H and O–H groups in total. The number of anilines is 1. The maximum atomic E-state index is 11.9. The normalized spacial score (nSPS) is 13.0. The quantitative estimate of drug-likeness (QED) is 0.548. The first kappa shape index (κ1) is 20.4. The van der Waals surface area contributed by atoms with Gasteiger partial charge in [-0.1, -0.05) is 12.1 Å². The highest BCUT2D eigenvalue weighted by molar-refractivity contribution is 8.00. The van der Waals surface area contributed by atoms with Gasteiger partial charge in [0.1, 0.15) is 0 Å². The van der Waals surface area contributed by atoms with Gasteiger partial charge < -0.3 is 10.1 Å². The Bertz CT molecular complexity index is 1000. The van der Waals surface area contributed by atoms with Crippen molar-refractivity contribution in [3.8, 4) is 0 Å². The monoisotopic (exact) mass is 419 g/mol. The lowest BCUT2D eigenvalue weighted by Crippen LogP contribution is -2.21. The van der Waals surface area contributed by atoms with Crippen molar-refractivity contribution in [2.75, 3.05) is 23.9 Å². The molecule has 0 atom stereocenters. The first-order valence-corrected chi connectivity index (χ1v) is 11.7. The van der Waals surface area contributed by atoms with E-state index in [1.54, 1.807) is 6.07 Å². The number of aryl methyl sites for hydroxylation is 2. The van der Waals surface area contributed by atoms with Crippen LogP contribution in [-0.2, 0) is 37.0 Å². The van der Waals surface area contributed by atoms with E-state index in [0.717, 1.165) is 24.0 Å². The van der Waals surface area contributed by atoms with Gasteiger partial charge in [-0.2, -0.15) is 0 Å². The van der Waals surface area contributed by atoms with Gasteiger partial charge in [-0.05, 0) is 60.7 Å². The Morgan fingerprint density at radius 3 is 2.68 bits per heavy atom. The highest BCUT2D eigenvalue weighted by atomic mass is 32.2. The van der Waals surface area contributed by atoms with Gasteiger partial charge in [0.15, 0.2) is 16.4 Å². The van der Waals surface area contributed by atoms with E-state index < -0.39 is 28.3 Å². The number of sulfone groups is 1. The fraction of sp³-hybridized carbons (Fsp3) is 0.300. The Balaban J connectivity index is 1.45. The van der Waals surface area contributed by atoms with Crippen molar-refractivity contribution in [2.45, 2.75) is 29.1 Å². The van der Waals surface area contributed by atoms with E-state index in [-0.39, 0.29) is 10.6 Å². The molecule has 0 radical (unpaired) electrons. The summed E-state index contributed by atoms with van der Waals surface area (Å²) >= 11 is 1.38. The fourth-order valence-electron chi connectivity index (χ4n) is 2.97. The number of fused-ring (bicyclic) bond motifs is 1. The summed E-state index contributed by atoms with van der Waals surface area (Å²) in [6.07, 6.45) is 4.46. The molecule has 1 amide bonds. The molecule has 0 saturated carbocycles. The van der Waals surface area contributed by atoms with E-state index in [9.17, 15) is 18.0 Å². The number of amides is 1. The summed E-state index contributed by atoms with van der Waals surface area (Å²) in [4.78, 5) is 24.9. The van der Waals surface area contributed by atoms with Crippen LogP contribution in [0.3, 0.4) is 0 Å². The maximum absolute atomic E-state index is 11.9. The molecule has 0 bridgehead atoms. The molecule has 0 unspecified atom stereocenters. The second-order valence-corrected chi connectivity index (χ2v) is 9.65. The van der Waals surface area contributed by atoms with Crippen LogP contribution in [0.25, 0.3) is 0 Å². The number of thioether (sulfide) groups is 1. The van der Waals surface area contributed by atoms with Gasteiger partial charge in [-0.25, -0.2) is 8.42 Å². The second kappa shape index (κ2) is 8.79. The smallest absolute Gasteiger partial charge is 0.316 e. The molecule has 6 nitrogen and oxygen atoms in total. The van der Waals surface area contributed by atoms with Crippen LogP contribution in [0.5, 0.6) is 0 Å². The van der Waals surface area contributed by atoms with Crippen molar-refractivity contribution in [1.29, 1.82) is 0 Å². The van der Waals surface area contributed by atoms with Gasteiger partial charge in [0.05, 0.1) is 10.6 Å². The average molecular weight is 420 g/mol. The van der Waals surface area contributed by atoms with Crippen molar-refractivity contribution >= 4 is 39.2 Å². The summed E-state index contributed by atoms with van der Waals surface area (Å²) < 4.78 is 28.1. The third kappa shape index (κ3) is 5.59. The molecule has 3 rings (SSSR count). The third-order valence-corrected chi connectivity index (χ3v) is 6.41. The van der Waals surface area contributed by atoms with Crippen LogP contribution in [0.4, 0.5) is 5.69 Å². The summed E-state index contributed by atoms with van der Waals surface area (Å²) in [6, 6.07) is 12.1. The summed E-state index contributed by atoms with van der Waals surface area (Å²) in [7, 11) is -3.36. The zero-order valence-electron chi connectivity index (χ0n) is 15.4. The largest absolute Gasteiger partial charge is 0.455 e. The minimum atomic E-state index is -3.36. The van der Waals surface area contributed by atoms with Gasteiger partial charge >= 0.3 is 5.97 Å². The van der Waals surface area contributed by atoms with E-state index in [1.165, 1.54) is 47.5 Å². The molecule has 0 fully saturated rings. The molecule has 0 aromatic heterocycles. The maximum Gasteiger partial charge on any atom is 0.316 e. The number of carbonyl (C=O) groups is 2. The van der Waals surface area contributed by atoms with Gasteiger partial charge in [-0.3, -0.25) is 9.59 Å². The molecule has 148 valence electrons. The van der Waals surface area contributed by atoms with Crippen LogP contribution in [0.15, 0.2) is 52.3 Å². The van der Waals surface area contributed by atoms with E-state index >= 15 is 0 Å². The summed E-state index contributed by atoms with van der Waals surface area (Å²) in [5.74, 6) is -0.887. The van der Waals surface area contributed by atoms with Crippen LogP contribution in [-0.4, -0.2) is 38.9 Å². The molecule has 0 heterocycles. The minimum absolute atomic E-state index is 0.105. The molecule has 0 spiro atoms. The predicted molar refractivity (Wildman–Crippen MR) is 108 cm³/mol. The van der Waals surface area contributed by atoms with Gasteiger partial charge in [0.25, 0.3) is 5.91 Å². The van der Waals surface area contributed by atoms with Crippen LogP contribution in [0.1, 0.15) is 17.5 Å². The molecule has 2 aromatic rings. The van der Waals surface area contributed by atoms with Crippen molar-refractivity contribution in [3.05, 3.63) is 53.6 Å². The number of nitrogens with one attached hydrogen (secondary N) is 1. The first-order valence-electron chi connectivity index (χ1n) is 8.81. The Morgan fingerprint density at radius 1 is 1.11 bits per heavy atom. The number of carbonyl (C=O) groups excluding carboxylic acids is 2. The lowest BCUT2D eigenvalue weighted by atomic mass is 10.1. The summed E-state index contributed by atoms with van der Waals surface area (Å²) in [5, 5.41) is 2.52. The van der Waals surface area contributed by atoms with Gasteiger partial charge in [0.2, 0.25) is 0 Å².